The van der Waals surface area contributed by atoms with Crippen molar-refractivity contribution in [2.45, 2.75) is 12.8 Å². The molecule has 0 nitrogen and oxygen atoms in total. The Hall–Kier alpha value is -0.417. The van der Waals surface area contributed by atoms with Crippen LogP contribution in [0.1, 0.15) is 12.8 Å². The predicted octanol–water partition coefficient (Wildman–Crippen LogP) is 3.00. The fourth-order valence-corrected chi connectivity index (χ4v) is 0.786. The van der Waals surface area contributed by atoms with Crippen LogP contribution in [0.3, 0.4) is 0 Å². The average molecular weight is 233 g/mol. The van der Waals surface area contributed by atoms with Crippen LogP contribution in [-0.4, -0.2) is 0 Å². The van der Waals surface area contributed by atoms with Gasteiger partial charge in [-0.2, -0.15) is 0 Å². The zero-order valence-corrected chi connectivity index (χ0v) is 8.12. The minimum atomic E-state index is 0. The van der Waals surface area contributed by atoms with E-state index in [1.807, 2.05) is 0 Å². The summed E-state index contributed by atoms with van der Waals surface area (Å²) in [6, 6.07) is 0. The van der Waals surface area contributed by atoms with Crippen LogP contribution in [0.15, 0.2) is 48.6 Å². The van der Waals surface area contributed by atoms with Crippen molar-refractivity contribution in [3.8, 4) is 0 Å². The molecule has 0 spiro atoms. The molecule has 11 heavy (non-hydrogen) atoms. The second-order valence-corrected chi connectivity index (χ2v) is 2.18. The van der Waals surface area contributed by atoms with Crippen molar-refractivity contribution in [2.75, 3.05) is 0 Å². The van der Waals surface area contributed by atoms with Crippen LogP contribution in [0.4, 0.5) is 0 Å². The van der Waals surface area contributed by atoms with Gasteiger partial charge in [-0.25, -0.2) is 0 Å². The van der Waals surface area contributed by atoms with E-state index in [9.17, 15) is 0 Å². The molecule has 2 rings (SSSR count). The first-order valence-corrected chi connectivity index (χ1v) is 3.63. The molecule has 1 heteroatoms. The third kappa shape index (κ3) is 6.00. The maximum Gasteiger partial charge on any atom is 0 e. The Kier molecular flexibility index (Phi) is 7.40. The van der Waals surface area contributed by atoms with Gasteiger partial charge in [-0.05, 0) is 12.8 Å². The topological polar surface area (TPSA) is 0 Å². The smallest absolute Gasteiger partial charge is 0 e. The molecule has 0 aromatic carbocycles. The first-order chi connectivity index (χ1) is 5.00. The van der Waals surface area contributed by atoms with Gasteiger partial charge < -0.3 is 0 Å². The van der Waals surface area contributed by atoms with E-state index >= 15 is 0 Å². The van der Waals surface area contributed by atoms with Gasteiger partial charge in [0.05, 0.1) is 0 Å². The molecule has 0 bridgehead atoms. The Bertz CT molecular complexity index is 143. The Morgan fingerprint density at radius 3 is 0.909 bits per heavy atom. The van der Waals surface area contributed by atoms with Gasteiger partial charge in [0.2, 0.25) is 0 Å². The van der Waals surface area contributed by atoms with Gasteiger partial charge in [-0.3, -0.25) is 0 Å². The average Bonchev–Trinajstić information content (AvgIpc) is 2.67. The van der Waals surface area contributed by atoms with Crippen molar-refractivity contribution >= 4 is 0 Å². The van der Waals surface area contributed by atoms with Gasteiger partial charge in [0.15, 0.2) is 0 Å². The number of hydrogen-bond donors (Lipinski definition) is 0. The molecule has 0 saturated heterocycles. The van der Waals surface area contributed by atoms with Crippen LogP contribution in [-0.2, 0) is 19.5 Å². The first-order valence-electron chi connectivity index (χ1n) is 3.63. The van der Waals surface area contributed by atoms with Crippen molar-refractivity contribution in [1.82, 2.24) is 0 Å². The summed E-state index contributed by atoms with van der Waals surface area (Å²) in [6.45, 7) is 0. The van der Waals surface area contributed by atoms with E-state index in [4.69, 9.17) is 0 Å². The minimum Gasteiger partial charge on any atom is -0.0808 e. The summed E-state index contributed by atoms with van der Waals surface area (Å²) in [5.74, 6) is 0. The van der Waals surface area contributed by atoms with E-state index in [2.05, 4.69) is 48.6 Å². The van der Waals surface area contributed by atoms with Gasteiger partial charge in [-0.15, -0.1) is 0 Å². The molecule has 0 fully saturated rings. The molecule has 0 aliphatic heterocycles. The number of rotatable bonds is 0. The molecule has 0 amide bonds. The first kappa shape index (κ1) is 10.6. The van der Waals surface area contributed by atoms with Gasteiger partial charge in [0.1, 0.15) is 0 Å². The van der Waals surface area contributed by atoms with E-state index in [0.29, 0.717) is 0 Å². The zero-order valence-electron chi connectivity index (χ0n) is 6.39. The summed E-state index contributed by atoms with van der Waals surface area (Å²) < 4.78 is 0. The SMILES string of the molecule is C1=CCC=C1.C1=CCC=C1.[Ru]. The van der Waals surface area contributed by atoms with Gasteiger partial charge in [0, 0.05) is 19.5 Å². The maximum absolute atomic E-state index is 2.12. The maximum atomic E-state index is 2.12. The normalized spacial score (nSPS) is 16.0. The minimum absolute atomic E-state index is 0. The van der Waals surface area contributed by atoms with Gasteiger partial charge >= 0.3 is 0 Å². The summed E-state index contributed by atoms with van der Waals surface area (Å²) in [4.78, 5) is 0. The van der Waals surface area contributed by atoms with Crippen LogP contribution in [0, 0.1) is 0 Å². The standard InChI is InChI=1S/2C5H6.Ru/c2*1-2-4-5-3-1;/h2*1-4H,5H2;. The molecular formula is C10H12Ru. The van der Waals surface area contributed by atoms with Crippen LogP contribution in [0.25, 0.3) is 0 Å². The van der Waals surface area contributed by atoms with Crippen LogP contribution in [0.5, 0.6) is 0 Å². The molecule has 0 unspecified atom stereocenters. The van der Waals surface area contributed by atoms with Gasteiger partial charge in [0.25, 0.3) is 0 Å². The Labute approximate surface area is 81.1 Å². The number of allylic oxidation sites excluding steroid dienone is 8. The summed E-state index contributed by atoms with van der Waals surface area (Å²) in [7, 11) is 0. The molecule has 0 radical (unpaired) electrons. The second kappa shape index (κ2) is 7.69. The van der Waals surface area contributed by atoms with Gasteiger partial charge in [-0.1, -0.05) is 48.6 Å². The molecule has 2 aliphatic rings. The van der Waals surface area contributed by atoms with E-state index in [-0.39, 0.29) is 19.5 Å². The second-order valence-electron chi connectivity index (χ2n) is 2.18. The third-order valence-corrected chi connectivity index (χ3v) is 1.31. The Balaban J connectivity index is 0.000000167. The molecule has 0 N–H and O–H groups in total. The Morgan fingerprint density at radius 2 is 0.818 bits per heavy atom. The summed E-state index contributed by atoms with van der Waals surface area (Å²) in [5.41, 5.74) is 0. The molecule has 0 aromatic rings. The van der Waals surface area contributed by atoms with Crippen molar-refractivity contribution in [3.05, 3.63) is 48.6 Å². The zero-order chi connectivity index (χ0) is 7.07. The van der Waals surface area contributed by atoms with E-state index in [0.717, 1.165) is 12.8 Å². The van der Waals surface area contributed by atoms with Crippen molar-refractivity contribution in [2.24, 2.45) is 0 Å². The van der Waals surface area contributed by atoms with Crippen molar-refractivity contribution in [3.63, 3.8) is 0 Å². The molecule has 60 valence electrons. The number of hydrogen-bond acceptors (Lipinski definition) is 0. The van der Waals surface area contributed by atoms with Crippen LogP contribution >= 0.6 is 0 Å². The quantitative estimate of drug-likeness (QED) is 0.564. The largest absolute Gasteiger partial charge is 0.0808 e. The van der Waals surface area contributed by atoms with E-state index in [1.165, 1.54) is 0 Å². The van der Waals surface area contributed by atoms with Crippen LogP contribution < -0.4 is 0 Å². The Morgan fingerprint density at radius 1 is 0.545 bits per heavy atom. The summed E-state index contributed by atoms with van der Waals surface area (Å²) in [6.07, 6.45) is 19.0. The molecule has 0 saturated carbocycles. The fourth-order valence-electron chi connectivity index (χ4n) is 0.786. The molecule has 2 aliphatic carbocycles. The monoisotopic (exact) mass is 234 g/mol. The van der Waals surface area contributed by atoms with E-state index < -0.39 is 0 Å². The molecule has 0 heterocycles. The molecule has 0 atom stereocenters. The molecular weight excluding hydrogens is 221 g/mol. The fraction of sp³-hybridized carbons (Fsp3) is 0.200. The van der Waals surface area contributed by atoms with Crippen LogP contribution in [0.2, 0.25) is 0 Å². The van der Waals surface area contributed by atoms with Crippen molar-refractivity contribution in [1.29, 1.82) is 0 Å². The predicted molar refractivity (Wildman–Crippen MR) is 45.8 cm³/mol. The van der Waals surface area contributed by atoms with E-state index in [1.54, 1.807) is 0 Å². The summed E-state index contributed by atoms with van der Waals surface area (Å²) in [5, 5.41) is 0. The summed E-state index contributed by atoms with van der Waals surface area (Å²) >= 11 is 0. The third-order valence-electron chi connectivity index (χ3n) is 1.31. The molecule has 0 aromatic heterocycles. The van der Waals surface area contributed by atoms with Crippen molar-refractivity contribution < 1.29 is 19.5 Å².